The van der Waals surface area contributed by atoms with Gasteiger partial charge in [-0.3, -0.25) is 0 Å². The third-order valence-corrected chi connectivity index (χ3v) is 1.23. The molecule has 0 fully saturated rings. The normalized spacial score (nSPS) is 9.55. The summed E-state index contributed by atoms with van der Waals surface area (Å²) in [6, 6.07) is 0. The Bertz CT molecular complexity index is 121. The molecule has 0 aliphatic heterocycles. The van der Waals surface area contributed by atoms with E-state index in [0.29, 0.717) is 0 Å². The van der Waals surface area contributed by atoms with Crippen LogP contribution in [0.15, 0.2) is 12.2 Å². The number of hydrogen-bond donors (Lipinski definition) is 1. The number of aliphatic carboxylic acids is 1. The average Bonchev–Trinajstić information content (AvgIpc) is 1.87. The van der Waals surface area contributed by atoms with Crippen molar-refractivity contribution in [2.75, 3.05) is 0 Å². The number of allylic oxidation sites excluding steroid dienone is 1. The van der Waals surface area contributed by atoms with Gasteiger partial charge in [0.05, 0.1) is 0 Å². The van der Waals surface area contributed by atoms with Crippen molar-refractivity contribution in [2.24, 2.45) is 0 Å². The second-order valence-corrected chi connectivity index (χ2v) is 2.24. The van der Waals surface area contributed by atoms with Crippen LogP contribution in [0.25, 0.3) is 0 Å². The summed E-state index contributed by atoms with van der Waals surface area (Å²) in [5, 5.41) is 8.18. The zero-order valence-electron chi connectivity index (χ0n) is 7.05. The predicted octanol–water partition coefficient (Wildman–Crippen LogP) is 2.20. The maximum atomic E-state index is 9.95. The number of unbranched alkanes of at least 4 members (excludes halogenated alkanes) is 3. The molecule has 0 bridgehead atoms. The van der Waals surface area contributed by atoms with Crippen molar-refractivity contribution < 1.29 is 29.4 Å². The van der Waals surface area contributed by atoms with Gasteiger partial charge in [-0.05, 0) is 12.8 Å². The van der Waals surface area contributed by atoms with Crippen LogP contribution in [0.5, 0.6) is 0 Å². The van der Waals surface area contributed by atoms with E-state index in [1.807, 2.05) is 0 Å². The summed E-state index contributed by atoms with van der Waals surface area (Å²) < 4.78 is 0. The van der Waals surface area contributed by atoms with Crippen LogP contribution < -0.4 is 0 Å². The fraction of sp³-hybridized carbons (Fsp3) is 0.625. The van der Waals surface area contributed by atoms with E-state index < -0.39 is 5.97 Å². The molecule has 0 amide bonds. The number of carboxylic acids is 1. The van der Waals surface area contributed by atoms with Crippen molar-refractivity contribution in [3.8, 4) is 0 Å². The van der Waals surface area contributed by atoms with Gasteiger partial charge in [-0.15, -0.1) is 0 Å². The molecule has 0 spiro atoms. The van der Waals surface area contributed by atoms with Crippen molar-refractivity contribution in [1.29, 1.82) is 0 Å². The van der Waals surface area contributed by atoms with Gasteiger partial charge in [0, 0.05) is 25.6 Å². The van der Waals surface area contributed by atoms with Gasteiger partial charge in [-0.2, -0.15) is 0 Å². The summed E-state index contributed by atoms with van der Waals surface area (Å²) in [6.07, 6.45) is 7.26. The molecule has 11 heavy (non-hydrogen) atoms. The molecular weight excluding hydrogens is 193 g/mol. The maximum absolute atomic E-state index is 9.95. The molecule has 0 aliphatic rings. The van der Waals surface area contributed by atoms with Crippen LogP contribution in [0.1, 0.15) is 32.6 Å². The number of rotatable bonds is 5. The molecule has 0 aromatic heterocycles. The molecule has 1 N–H and O–H groups in total. The zero-order valence-corrected chi connectivity index (χ0v) is 10.0. The van der Waals surface area contributed by atoms with E-state index in [0.717, 1.165) is 12.8 Å². The minimum atomic E-state index is -0.850. The van der Waals surface area contributed by atoms with E-state index in [9.17, 15) is 4.79 Å². The summed E-state index contributed by atoms with van der Waals surface area (Å²) in [5.74, 6) is -0.850. The molecule has 0 aliphatic carbocycles. The number of carbonyl (C=O) groups is 1. The minimum Gasteiger partial charge on any atom is -0.478 e. The van der Waals surface area contributed by atoms with Crippen molar-refractivity contribution in [3.05, 3.63) is 12.2 Å². The molecule has 0 radical (unpaired) electrons. The van der Waals surface area contributed by atoms with E-state index >= 15 is 0 Å². The fourth-order valence-corrected chi connectivity index (χ4v) is 0.696. The Kier molecular flexibility index (Phi) is 12.0. The molecule has 3 heteroatoms. The Balaban J connectivity index is 0. The molecule has 0 aromatic rings. The van der Waals surface area contributed by atoms with E-state index in [1.165, 1.54) is 18.9 Å². The van der Waals surface area contributed by atoms with Crippen LogP contribution in [-0.4, -0.2) is 11.1 Å². The quantitative estimate of drug-likeness (QED) is 0.426. The standard InChI is InChI=1S/C8H14O2.Zn/c1-2-3-4-5-6-7-8(9)10;/h6-7H,2-5H2,1H3,(H,9,10);/b7-6+;. The molecule has 0 atom stereocenters. The second kappa shape index (κ2) is 9.83. The molecule has 2 nitrogen and oxygen atoms in total. The SMILES string of the molecule is CCCCC/C=C/C(=O)O.[Zn]. The molecule has 0 rings (SSSR count). The summed E-state index contributed by atoms with van der Waals surface area (Å²) >= 11 is 0. The maximum Gasteiger partial charge on any atom is 0.327 e. The minimum absolute atomic E-state index is 0. The Morgan fingerprint density at radius 1 is 1.45 bits per heavy atom. The zero-order chi connectivity index (χ0) is 7.82. The van der Waals surface area contributed by atoms with Crippen LogP contribution in [-0.2, 0) is 24.3 Å². The summed E-state index contributed by atoms with van der Waals surface area (Å²) in [6.45, 7) is 2.13. The average molecular weight is 208 g/mol. The van der Waals surface area contributed by atoms with Crippen molar-refractivity contribution in [1.82, 2.24) is 0 Å². The van der Waals surface area contributed by atoms with Crippen LogP contribution in [0, 0.1) is 0 Å². The number of carboxylic acid groups (broad SMARTS) is 1. The van der Waals surface area contributed by atoms with Gasteiger partial charge in [0.2, 0.25) is 0 Å². The van der Waals surface area contributed by atoms with Crippen molar-refractivity contribution >= 4 is 5.97 Å². The van der Waals surface area contributed by atoms with Gasteiger partial charge < -0.3 is 5.11 Å². The monoisotopic (exact) mass is 206 g/mol. The Hall–Kier alpha value is -0.167. The summed E-state index contributed by atoms with van der Waals surface area (Å²) in [4.78, 5) is 9.95. The third-order valence-electron chi connectivity index (χ3n) is 1.23. The van der Waals surface area contributed by atoms with Gasteiger partial charge in [-0.1, -0.05) is 25.8 Å². The van der Waals surface area contributed by atoms with Gasteiger partial charge >= 0.3 is 5.97 Å². The van der Waals surface area contributed by atoms with Crippen molar-refractivity contribution in [2.45, 2.75) is 32.6 Å². The van der Waals surface area contributed by atoms with E-state index in [2.05, 4.69) is 6.92 Å². The smallest absolute Gasteiger partial charge is 0.327 e. The molecule has 0 heterocycles. The largest absolute Gasteiger partial charge is 0.478 e. The Morgan fingerprint density at radius 2 is 2.09 bits per heavy atom. The van der Waals surface area contributed by atoms with E-state index in [-0.39, 0.29) is 19.5 Å². The fourth-order valence-electron chi connectivity index (χ4n) is 0.696. The summed E-state index contributed by atoms with van der Waals surface area (Å²) in [5.41, 5.74) is 0. The summed E-state index contributed by atoms with van der Waals surface area (Å²) in [7, 11) is 0. The van der Waals surface area contributed by atoms with Gasteiger partial charge in [-0.25, -0.2) is 4.79 Å². The van der Waals surface area contributed by atoms with Crippen LogP contribution >= 0.6 is 0 Å². The van der Waals surface area contributed by atoms with Gasteiger partial charge in [0.1, 0.15) is 0 Å². The van der Waals surface area contributed by atoms with E-state index in [4.69, 9.17) is 5.11 Å². The molecule has 0 saturated carbocycles. The topological polar surface area (TPSA) is 37.3 Å². The molecule has 60 valence electrons. The first-order chi connectivity index (χ1) is 4.77. The number of hydrogen-bond acceptors (Lipinski definition) is 1. The first-order valence-electron chi connectivity index (χ1n) is 3.67. The second-order valence-electron chi connectivity index (χ2n) is 2.24. The predicted molar refractivity (Wildman–Crippen MR) is 40.9 cm³/mol. The first kappa shape index (κ1) is 13.4. The Morgan fingerprint density at radius 3 is 2.55 bits per heavy atom. The van der Waals surface area contributed by atoms with Crippen LogP contribution in [0.2, 0.25) is 0 Å². The van der Waals surface area contributed by atoms with Crippen molar-refractivity contribution in [3.63, 3.8) is 0 Å². The first-order valence-corrected chi connectivity index (χ1v) is 3.67. The molecule has 0 saturated heterocycles. The van der Waals surface area contributed by atoms with Crippen LogP contribution in [0.3, 0.4) is 0 Å². The third kappa shape index (κ3) is 12.9. The van der Waals surface area contributed by atoms with E-state index in [1.54, 1.807) is 6.08 Å². The molecular formula is C8H14O2Zn. The van der Waals surface area contributed by atoms with Gasteiger partial charge in [0.15, 0.2) is 0 Å². The molecule has 0 aromatic carbocycles. The molecule has 0 unspecified atom stereocenters. The Labute approximate surface area is 80.4 Å². The van der Waals surface area contributed by atoms with Crippen LogP contribution in [0.4, 0.5) is 0 Å². The van der Waals surface area contributed by atoms with Gasteiger partial charge in [0.25, 0.3) is 0 Å².